The van der Waals surface area contributed by atoms with Crippen LogP contribution >= 0.6 is 0 Å². The van der Waals surface area contributed by atoms with Gasteiger partial charge in [-0.15, -0.1) is 0 Å². The Morgan fingerprint density at radius 2 is 2.14 bits per heavy atom. The zero-order chi connectivity index (χ0) is 15.1. The summed E-state index contributed by atoms with van der Waals surface area (Å²) in [7, 11) is -3.56. The van der Waals surface area contributed by atoms with Gasteiger partial charge in [-0.3, -0.25) is 4.68 Å². The molecule has 2 aromatic heterocycles. The van der Waals surface area contributed by atoms with Crippen molar-refractivity contribution in [2.45, 2.75) is 24.8 Å². The first-order chi connectivity index (χ1) is 10.1. The zero-order valence-electron chi connectivity index (χ0n) is 11.9. The van der Waals surface area contributed by atoms with E-state index in [4.69, 9.17) is 0 Å². The molecule has 0 unspecified atom stereocenters. The molecular weight excluding hydrogens is 290 g/mol. The van der Waals surface area contributed by atoms with Crippen LogP contribution in [0.15, 0.2) is 41.7 Å². The Balaban J connectivity index is 1.95. The summed E-state index contributed by atoms with van der Waals surface area (Å²) < 4.78 is 28.9. The number of nitrogens with zero attached hydrogens (tertiary/aromatic N) is 3. The molecule has 2 N–H and O–H groups in total. The third-order valence-corrected chi connectivity index (χ3v) is 4.31. The molecule has 2 aromatic rings. The fourth-order valence-corrected chi connectivity index (χ4v) is 3.07. The highest BCUT2D eigenvalue weighted by atomic mass is 32.2. The van der Waals surface area contributed by atoms with Crippen LogP contribution in [0.4, 0.5) is 5.82 Å². The van der Waals surface area contributed by atoms with Crippen molar-refractivity contribution in [2.24, 2.45) is 0 Å². The van der Waals surface area contributed by atoms with E-state index in [9.17, 15) is 8.42 Å². The van der Waals surface area contributed by atoms with E-state index in [0.29, 0.717) is 31.9 Å². The monoisotopic (exact) mass is 309 g/mol. The van der Waals surface area contributed by atoms with Crippen molar-refractivity contribution in [3.05, 3.63) is 36.8 Å². The van der Waals surface area contributed by atoms with Gasteiger partial charge in [-0.05, 0) is 31.5 Å². The van der Waals surface area contributed by atoms with E-state index in [0.717, 1.165) is 0 Å². The molecule has 0 amide bonds. The lowest BCUT2D eigenvalue weighted by Gasteiger charge is -2.11. The van der Waals surface area contributed by atoms with Gasteiger partial charge in [0.05, 0.1) is 0 Å². The molecular formula is C13H19N5O2S. The van der Waals surface area contributed by atoms with E-state index in [1.165, 1.54) is 0 Å². The molecule has 2 heterocycles. The lowest BCUT2D eigenvalue weighted by molar-refractivity contribution is 0.553. The maximum Gasteiger partial charge on any atom is 0.244 e. The van der Waals surface area contributed by atoms with Gasteiger partial charge in [-0.25, -0.2) is 18.1 Å². The number of pyridine rings is 1. The summed E-state index contributed by atoms with van der Waals surface area (Å²) in [6, 6.07) is 4.99. The van der Waals surface area contributed by atoms with Crippen LogP contribution in [0.2, 0.25) is 0 Å². The van der Waals surface area contributed by atoms with E-state index in [1.54, 1.807) is 29.2 Å². The van der Waals surface area contributed by atoms with Crippen molar-refractivity contribution in [1.82, 2.24) is 19.5 Å². The van der Waals surface area contributed by atoms with Gasteiger partial charge >= 0.3 is 0 Å². The van der Waals surface area contributed by atoms with Crippen molar-refractivity contribution in [3.8, 4) is 0 Å². The molecule has 2 rings (SSSR count). The van der Waals surface area contributed by atoms with Crippen LogP contribution in [0.25, 0.3) is 0 Å². The van der Waals surface area contributed by atoms with E-state index >= 15 is 0 Å². The van der Waals surface area contributed by atoms with Gasteiger partial charge in [0.25, 0.3) is 0 Å². The minimum absolute atomic E-state index is 0.172. The molecule has 21 heavy (non-hydrogen) atoms. The fourth-order valence-electron chi connectivity index (χ4n) is 1.87. The molecule has 0 bridgehead atoms. The number of rotatable bonds is 8. The van der Waals surface area contributed by atoms with Crippen molar-refractivity contribution in [1.29, 1.82) is 0 Å². The van der Waals surface area contributed by atoms with Crippen LogP contribution in [0.5, 0.6) is 0 Å². The smallest absolute Gasteiger partial charge is 0.244 e. The van der Waals surface area contributed by atoms with Crippen LogP contribution in [0, 0.1) is 0 Å². The van der Waals surface area contributed by atoms with Gasteiger partial charge in [-0.2, -0.15) is 5.10 Å². The Kier molecular flexibility index (Phi) is 5.29. The summed E-state index contributed by atoms with van der Waals surface area (Å²) in [6.07, 6.45) is 5.77. The minimum Gasteiger partial charge on any atom is -0.369 e. The Hall–Kier alpha value is -1.93. The lowest BCUT2D eigenvalue weighted by Crippen LogP contribution is -2.26. The minimum atomic E-state index is -3.56. The SMILES string of the molecule is CCNc1ncccc1S(=O)(=O)NCCCn1cccn1. The predicted molar refractivity (Wildman–Crippen MR) is 80.4 cm³/mol. The van der Waals surface area contributed by atoms with E-state index in [-0.39, 0.29) is 4.90 Å². The Morgan fingerprint density at radius 3 is 2.86 bits per heavy atom. The molecule has 7 nitrogen and oxygen atoms in total. The van der Waals surface area contributed by atoms with Crippen molar-refractivity contribution in [2.75, 3.05) is 18.4 Å². The Bertz CT molecular complexity index is 655. The number of hydrogen-bond donors (Lipinski definition) is 2. The van der Waals surface area contributed by atoms with Crippen molar-refractivity contribution < 1.29 is 8.42 Å². The molecule has 0 aliphatic heterocycles. The maximum atomic E-state index is 12.3. The Morgan fingerprint density at radius 1 is 1.29 bits per heavy atom. The van der Waals surface area contributed by atoms with Gasteiger partial charge in [0.1, 0.15) is 10.7 Å². The van der Waals surface area contributed by atoms with Crippen molar-refractivity contribution in [3.63, 3.8) is 0 Å². The summed E-state index contributed by atoms with van der Waals surface area (Å²) in [5.74, 6) is 0.375. The third kappa shape index (κ3) is 4.27. The van der Waals surface area contributed by atoms with Crippen LogP contribution in [0.1, 0.15) is 13.3 Å². The molecule has 0 atom stereocenters. The summed E-state index contributed by atoms with van der Waals surface area (Å²) in [4.78, 5) is 4.23. The van der Waals surface area contributed by atoms with E-state index in [1.807, 2.05) is 19.2 Å². The topological polar surface area (TPSA) is 88.9 Å². The maximum absolute atomic E-state index is 12.3. The summed E-state index contributed by atoms with van der Waals surface area (Å²) in [6.45, 7) is 3.52. The first kappa shape index (κ1) is 15.5. The van der Waals surface area contributed by atoms with Gasteiger partial charge in [0.15, 0.2) is 0 Å². The van der Waals surface area contributed by atoms with E-state index in [2.05, 4.69) is 20.1 Å². The first-order valence-electron chi connectivity index (χ1n) is 6.79. The quantitative estimate of drug-likeness (QED) is 0.712. The molecule has 0 aliphatic carbocycles. The Labute approximate surface area is 124 Å². The lowest BCUT2D eigenvalue weighted by atomic mass is 10.4. The standard InChI is InChI=1S/C13H19N5O2S/c1-2-14-13-12(6-3-7-15-13)21(19,20)17-9-5-11-18-10-4-8-16-18/h3-4,6-8,10,17H,2,5,9,11H2,1H3,(H,14,15). The molecule has 0 saturated carbocycles. The number of hydrogen-bond acceptors (Lipinski definition) is 5. The van der Waals surface area contributed by atoms with Crippen LogP contribution < -0.4 is 10.0 Å². The molecule has 0 aromatic carbocycles. The van der Waals surface area contributed by atoms with Gasteiger partial charge in [-0.1, -0.05) is 0 Å². The van der Waals surface area contributed by atoms with E-state index < -0.39 is 10.0 Å². The number of sulfonamides is 1. The highest BCUT2D eigenvalue weighted by Gasteiger charge is 2.18. The fraction of sp³-hybridized carbons (Fsp3) is 0.385. The number of nitrogens with one attached hydrogen (secondary N) is 2. The molecule has 0 radical (unpaired) electrons. The predicted octanol–water partition coefficient (Wildman–Crippen LogP) is 1.08. The number of aryl methyl sites for hydroxylation is 1. The summed E-state index contributed by atoms with van der Waals surface area (Å²) in [5.41, 5.74) is 0. The zero-order valence-corrected chi connectivity index (χ0v) is 12.7. The first-order valence-corrected chi connectivity index (χ1v) is 8.28. The normalized spacial score (nSPS) is 11.5. The largest absolute Gasteiger partial charge is 0.369 e. The molecule has 114 valence electrons. The van der Waals surface area contributed by atoms with Crippen LogP contribution in [-0.2, 0) is 16.6 Å². The molecule has 0 fully saturated rings. The van der Waals surface area contributed by atoms with Crippen molar-refractivity contribution >= 4 is 15.8 Å². The number of aromatic nitrogens is 3. The molecule has 0 spiro atoms. The molecule has 0 saturated heterocycles. The van der Waals surface area contributed by atoms with Gasteiger partial charge in [0, 0.05) is 38.2 Å². The average Bonchev–Trinajstić information content (AvgIpc) is 2.98. The second-order valence-electron chi connectivity index (χ2n) is 4.40. The van der Waals surface area contributed by atoms with Crippen LogP contribution in [-0.4, -0.2) is 36.3 Å². The van der Waals surface area contributed by atoms with Crippen LogP contribution in [0.3, 0.4) is 0 Å². The van der Waals surface area contributed by atoms with Gasteiger partial charge < -0.3 is 5.32 Å². The molecule has 0 aliphatic rings. The highest BCUT2D eigenvalue weighted by Crippen LogP contribution is 2.17. The second kappa shape index (κ2) is 7.19. The third-order valence-electron chi connectivity index (χ3n) is 2.82. The van der Waals surface area contributed by atoms with Gasteiger partial charge in [0.2, 0.25) is 10.0 Å². The second-order valence-corrected chi connectivity index (χ2v) is 6.14. The highest BCUT2D eigenvalue weighted by molar-refractivity contribution is 7.89. The molecule has 8 heteroatoms. The summed E-state index contributed by atoms with van der Waals surface area (Å²) in [5, 5.41) is 7.02. The number of anilines is 1. The average molecular weight is 309 g/mol. The summed E-state index contributed by atoms with van der Waals surface area (Å²) >= 11 is 0.